The van der Waals surface area contributed by atoms with Crippen molar-refractivity contribution in [2.45, 2.75) is 64.1 Å². The second kappa shape index (κ2) is 5.25. The molecule has 1 aliphatic carbocycles. The van der Waals surface area contributed by atoms with Gasteiger partial charge in [-0.15, -0.1) is 0 Å². The predicted octanol–water partition coefficient (Wildman–Crippen LogP) is 1.67. The summed E-state index contributed by atoms with van der Waals surface area (Å²) in [6, 6.07) is 1.50. The van der Waals surface area contributed by atoms with Crippen molar-refractivity contribution in [2.75, 3.05) is 26.2 Å². The lowest BCUT2D eigenvalue weighted by Crippen LogP contribution is -2.58. The first kappa shape index (κ1) is 13.3. The minimum absolute atomic E-state index is 0.257. The highest BCUT2D eigenvalue weighted by molar-refractivity contribution is 5.04. The fraction of sp³-hybridized carbons (Fsp3) is 1.00. The zero-order valence-corrected chi connectivity index (χ0v) is 11.8. The molecule has 0 aromatic carbocycles. The molecule has 1 atom stereocenters. The van der Waals surface area contributed by atoms with Crippen molar-refractivity contribution in [1.29, 1.82) is 0 Å². The van der Waals surface area contributed by atoms with E-state index in [1.807, 2.05) is 0 Å². The molecule has 3 heteroatoms. The summed E-state index contributed by atoms with van der Waals surface area (Å²) in [4.78, 5) is 5.34. The van der Waals surface area contributed by atoms with Crippen molar-refractivity contribution in [3.63, 3.8) is 0 Å². The summed E-state index contributed by atoms with van der Waals surface area (Å²) in [5, 5.41) is 0. The minimum atomic E-state index is 0.257. The Kier molecular flexibility index (Phi) is 4.11. The number of nitrogens with two attached hydrogens (primary N) is 1. The van der Waals surface area contributed by atoms with E-state index in [1.54, 1.807) is 0 Å². The molecular formula is C14H29N3. The summed E-state index contributed by atoms with van der Waals surface area (Å²) >= 11 is 0. The Morgan fingerprint density at radius 3 is 2.59 bits per heavy atom. The third-order valence-electron chi connectivity index (χ3n) is 4.50. The molecule has 1 aliphatic heterocycles. The predicted molar refractivity (Wildman–Crippen MR) is 73.1 cm³/mol. The van der Waals surface area contributed by atoms with Gasteiger partial charge in [-0.2, -0.15) is 0 Å². The van der Waals surface area contributed by atoms with E-state index in [-0.39, 0.29) is 5.54 Å². The van der Waals surface area contributed by atoms with Gasteiger partial charge in [-0.1, -0.05) is 6.92 Å². The van der Waals surface area contributed by atoms with Crippen molar-refractivity contribution in [3.05, 3.63) is 0 Å². The standard InChI is InChI=1S/C14H29N3/c1-4-8-17(12(2)3)14(10-15)7-9-16(11-14)13-5-6-13/h12-13H,4-11,15H2,1-3H3. The van der Waals surface area contributed by atoms with Crippen LogP contribution in [0.4, 0.5) is 0 Å². The average Bonchev–Trinajstić information content (AvgIpc) is 3.07. The molecule has 1 unspecified atom stereocenters. The van der Waals surface area contributed by atoms with Gasteiger partial charge in [0.2, 0.25) is 0 Å². The first-order valence-corrected chi connectivity index (χ1v) is 7.34. The van der Waals surface area contributed by atoms with Crippen molar-refractivity contribution < 1.29 is 0 Å². The molecule has 0 spiro atoms. The number of hydrogen-bond donors (Lipinski definition) is 1. The normalized spacial score (nSPS) is 30.7. The molecule has 0 amide bonds. The van der Waals surface area contributed by atoms with E-state index in [9.17, 15) is 0 Å². The number of nitrogens with zero attached hydrogens (tertiary/aromatic N) is 2. The van der Waals surface area contributed by atoms with Crippen LogP contribution in [0.1, 0.15) is 46.5 Å². The highest BCUT2D eigenvalue weighted by Crippen LogP contribution is 2.36. The minimum Gasteiger partial charge on any atom is -0.329 e. The van der Waals surface area contributed by atoms with E-state index < -0.39 is 0 Å². The lowest BCUT2D eigenvalue weighted by Gasteiger charge is -2.43. The quantitative estimate of drug-likeness (QED) is 0.765. The van der Waals surface area contributed by atoms with Crippen LogP contribution in [0.3, 0.4) is 0 Å². The summed E-state index contributed by atoms with van der Waals surface area (Å²) in [5.41, 5.74) is 6.41. The van der Waals surface area contributed by atoms with Crippen LogP contribution in [-0.4, -0.2) is 53.6 Å². The van der Waals surface area contributed by atoms with Gasteiger partial charge in [-0.05, 0) is 46.1 Å². The van der Waals surface area contributed by atoms with Gasteiger partial charge in [0, 0.05) is 37.3 Å². The molecule has 17 heavy (non-hydrogen) atoms. The molecular weight excluding hydrogens is 210 g/mol. The molecule has 100 valence electrons. The van der Waals surface area contributed by atoms with Crippen LogP contribution in [-0.2, 0) is 0 Å². The lowest BCUT2D eigenvalue weighted by molar-refractivity contribution is 0.0660. The van der Waals surface area contributed by atoms with Crippen molar-refractivity contribution >= 4 is 0 Å². The Hall–Kier alpha value is -0.120. The van der Waals surface area contributed by atoms with E-state index in [1.165, 1.54) is 45.3 Å². The molecule has 1 saturated carbocycles. The van der Waals surface area contributed by atoms with Gasteiger partial charge in [-0.3, -0.25) is 9.80 Å². The van der Waals surface area contributed by atoms with Crippen LogP contribution < -0.4 is 5.73 Å². The van der Waals surface area contributed by atoms with Gasteiger partial charge >= 0.3 is 0 Å². The van der Waals surface area contributed by atoms with Gasteiger partial charge in [0.05, 0.1) is 0 Å². The highest BCUT2D eigenvalue weighted by atomic mass is 15.3. The van der Waals surface area contributed by atoms with Crippen molar-refractivity contribution in [1.82, 2.24) is 9.80 Å². The van der Waals surface area contributed by atoms with Crippen molar-refractivity contribution in [3.8, 4) is 0 Å². The van der Waals surface area contributed by atoms with Gasteiger partial charge in [0.15, 0.2) is 0 Å². The Morgan fingerprint density at radius 1 is 1.41 bits per heavy atom. The summed E-state index contributed by atoms with van der Waals surface area (Å²) in [6.45, 7) is 11.4. The molecule has 1 heterocycles. The molecule has 0 radical (unpaired) electrons. The third kappa shape index (κ3) is 2.67. The van der Waals surface area contributed by atoms with Crippen molar-refractivity contribution in [2.24, 2.45) is 5.73 Å². The maximum atomic E-state index is 6.15. The van der Waals surface area contributed by atoms with Crippen LogP contribution in [0, 0.1) is 0 Å². The van der Waals surface area contributed by atoms with E-state index in [4.69, 9.17) is 5.73 Å². The first-order chi connectivity index (χ1) is 8.13. The smallest absolute Gasteiger partial charge is 0.0473 e. The number of rotatable bonds is 6. The lowest BCUT2D eigenvalue weighted by atomic mass is 9.94. The third-order valence-corrected chi connectivity index (χ3v) is 4.50. The Bertz CT molecular complexity index is 250. The Labute approximate surface area is 106 Å². The first-order valence-electron chi connectivity index (χ1n) is 7.34. The Balaban J connectivity index is 2.06. The molecule has 2 N–H and O–H groups in total. The number of hydrogen-bond acceptors (Lipinski definition) is 3. The van der Waals surface area contributed by atoms with Gasteiger partial charge in [-0.25, -0.2) is 0 Å². The zero-order chi connectivity index (χ0) is 12.5. The highest BCUT2D eigenvalue weighted by Gasteiger charge is 2.46. The second-order valence-electron chi connectivity index (χ2n) is 6.17. The molecule has 2 aliphatic rings. The van der Waals surface area contributed by atoms with E-state index >= 15 is 0 Å². The topological polar surface area (TPSA) is 32.5 Å². The van der Waals surface area contributed by atoms with E-state index in [2.05, 4.69) is 30.6 Å². The van der Waals surface area contributed by atoms with Crippen LogP contribution in [0.25, 0.3) is 0 Å². The second-order valence-corrected chi connectivity index (χ2v) is 6.17. The van der Waals surface area contributed by atoms with Crippen LogP contribution in [0.5, 0.6) is 0 Å². The van der Waals surface area contributed by atoms with Gasteiger partial charge < -0.3 is 5.73 Å². The molecule has 0 aromatic heterocycles. The molecule has 3 nitrogen and oxygen atoms in total. The van der Waals surface area contributed by atoms with E-state index in [0.29, 0.717) is 6.04 Å². The average molecular weight is 239 g/mol. The maximum absolute atomic E-state index is 6.15. The fourth-order valence-corrected chi connectivity index (χ4v) is 3.44. The van der Waals surface area contributed by atoms with Crippen LogP contribution in [0.15, 0.2) is 0 Å². The molecule has 2 rings (SSSR count). The summed E-state index contributed by atoms with van der Waals surface area (Å²) < 4.78 is 0. The molecule has 1 saturated heterocycles. The Morgan fingerprint density at radius 2 is 2.12 bits per heavy atom. The monoisotopic (exact) mass is 239 g/mol. The zero-order valence-electron chi connectivity index (χ0n) is 11.8. The molecule has 0 aromatic rings. The van der Waals surface area contributed by atoms with Crippen LogP contribution in [0.2, 0.25) is 0 Å². The SMILES string of the molecule is CCCN(C(C)C)C1(CN)CCN(C2CC2)C1. The van der Waals surface area contributed by atoms with E-state index in [0.717, 1.165) is 12.6 Å². The summed E-state index contributed by atoms with van der Waals surface area (Å²) in [6.07, 6.45) is 5.31. The maximum Gasteiger partial charge on any atom is 0.0473 e. The fourth-order valence-electron chi connectivity index (χ4n) is 3.44. The largest absolute Gasteiger partial charge is 0.329 e. The molecule has 0 bridgehead atoms. The summed E-state index contributed by atoms with van der Waals surface area (Å²) in [5.74, 6) is 0. The summed E-state index contributed by atoms with van der Waals surface area (Å²) in [7, 11) is 0. The van der Waals surface area contributed by atoms with Gasteiger partial charge in [0.1, 0.15) is 0 Å². The number of likely N-dealkylation sites (tertiary alicyclic amines) is 1. The van der Waals surface area contributed by atoms with Gasteiger partial charge in [0.25, 0.3) is 0 Å². The van der Waals surface area contributed by atoms with Crippen LogP contribution >= 0.6 is 0 Å². The molecule has 2 fully saturated rings.